The second kappa shape index (κ2) is 6.18. The Kier molecular flexibility index (Phi) is 3.85. The zero-order valence-electron chi connectivity index (χ0n) is 13.2. The van der Waals surface area contributed by atoms with Crippen molar-refractivity contribution in [3.8, 4) is 16.3 Å². The summed E-state index contributed by atoms with van der Waals surface area (Å²) in [5.41, 5.74) is 0.935. The molecule has 0 saturated carbocycles. The first kappa shape index (κ1) is 15.6. The Balaban J connectivity index is 1.72. The molecule has 2 N–H and O–H groups in total. The van der Waals surface area contributed by atoms with Gasteiger partial charge in [-0.2, -0.15) is 0 Å². The van der Waals surface area contributed by atoms with Crippen LogP contribution in [0.25, 0.3) is 10.6 Å². The number of pyridine rings is 1. The minimum Gasteiger partial charge on any atom is -0.503 e. The number of fused-ring (bicyclic) bond motifs is 1. The van der Waals surface area contributed by atoms with Crippen molar-refractivity contribution in [3.63, 3.8) is 0 Å². The fraction of sp³-hybridized carbons (Fsp3) is 0.167. The van der Waals surface area contributed by atoms with Crippen molar-refractivity contribution in [1.29, 1.82) is 0 Å². The predicted octanol–water partition coefficient (Wildman–Crippen LogP) is 2.01. The largest absolute Gasteiger partial charge is 0.503 e. The SMILES string of the molecule is O=C1NCCn2cc(-c3ncc(Cc4ccccc4)s3)c(=O)c(O)c21. The number of thiazole rings is 1. The topological polar surface area (TPSA) is 84.2 Å². The summed E-state index contributed by atoms with van der Waals surface area (Å²) in [7, 11) is 0. The van der Waals surface area contributed by atoms with Crippen molar-refractivity contribution in [1.82, 2.24) is 14.9 Å². The quantitative estimate of drug-likeness (QED) is 0.754. The summed E-state index contributed by atoms with van der Waals surface area (Å²) in [6.07, 6.45) is 4.10. The molecule has 0 bridgehead atoms. The van der Waals surface area contributed by atoms with Crippen LogP contribution in [-0.2, 0) is 13.0 Å². The molecule has 6 nitrogen and oxygen atoms in total. The summed E-state index contributed by atoms with van der Waals surface area (Å²) in [6.45, 7) is 0.967. The van der Waals surface area contributed by atoms with Crippen LogP contribution < -0.4 is 10.7 Å². The molecule has 1 amide bonds. The van der Waals surface area contributed by atoms with Gasteiger partial charge in [0.15, 0.2) is 11.4 Å². The van der Waals surface area contributed by atoms with Crippen molar-refractivity contribution in [2.45, 2.75) is 13.0 Å². The van der Waals surface area contributed by atoms with Crippen LogP contribution in [0.15, 0.2) is 47.5 Å². The zero-order valence-corrected chi connectivity index (χ0v) is 14.0. The Morgan fingerprint density at radius 2 is 2.04 bits per heavy atom. The molecule has 0 atom stereocenters. The molecule has 2 aromatic heterocycles. The minimum absolute atomic E-state index is 0.0149. The number of amides is 1. The minimum atomic E-state index is -0.566. The van der Waals surface area contributed by atoms with Crippen LogP contribution in [0.5, 0.6) is 5.75 Å². The maximum atomic E-state index is 12.5. The van der Waals surface area contributed by atoms with Crippen LogP contribution >= 0.6 is 11.3 Å². The number of carbonyl (C=O) groups excluding carboxylic acids is 1. The van der Waals surface area contributed by atoms with E-state index in [0.717, 1.165) is 11.3 Å². The number of aromatic nitrogens is 2. The third-order valence-corrected chi connectivity index (χ3v) is 5.15. The number of hydrogen-bond acceptors (Lipinski definition) is 5. The molecule has 0 unspecified atom stereocenters. The molecule has 7 heteroatoms. The fourth-order valence-corrected chi connectivity index (χ4v) is 3.85. The number of nitrogens with zero attached hydrogens (tertiary/aromatic N) is 2. The number of nitrogens with one attached hydrogen (secondary N) is 1. The maximum Gasteiger partial charge on any atom is 0.271 e. The first-order valence-corrected chi connectivity index (χ1v) is 8.69. The van der Waals surface area contributed by atoms with Crippen LogP contribution in [0.3, 0.4) is 0 Å². The van der Waals surface area contributed by atoms with Gasteiger partial charge < -0.3 is 15.0 Å². The third kappa shape index (κ3) is 2.83. The van der Waals surface area contributed by atoms with E-state index in [1.54, 1.807) is 17.0 Å². The third-order valence-electron chi connectivity index (χ3n) is 4.11. The van der Waals surface area contributed by atoms with Crippen LogP contribution in [0.4, 0.5) is 0 Å². The van der Waals surface area contributed by atoms with Crippen molar-refractivity contribution in [2.75, 3.05) is 6.54 Å². The van der Waals surface area contributed by atoms with Gasteiger partial charge in [0.1, 0.15) is 5.01 Å². The highest BCUT2D eigenvalue weighted by Gasteiger charge is 2.25. The lowest BCUT2D eigenvalue weighted by Crippen LogP contribution is -2.37. The van der Waals surface area contributed by atoms with Crippen molar-refractivity contribution in [2.24, 2.45) is 0 Å². The van der Waals surface area contributed by atoms with E-state index < -0.39 is 17.1 Å². The van der Waals surface area contributed by atoms with Gasteiger partial charge in [0, 0.05) is 36.8 Å². The normalized spacial score (nSPS) is 13.4. The van der Waals surface area contributed by atoms with E-state index in [0.29, 0.717) is 23.7 Å². The lowest BCUT2D eigenvalue weighted by molar-refractivity contribution is 0.0922. The smallest absolute Gasteiger partial charge is 0.271 e. The van der Waals surface area contributed by atoms with Crippen LogP contribution in [0.2, 0.25) is 0 Å². The van der Waals surface area contributed by atoms with Crippen LogP contribution in [-0.4, -0.2) is 27.1 Å². The van der Waals surface area contributed by atoms with Gasteiger partial charge in [-0.05, 0) is 5.56 Å². The summed E-state index contributed by atoms with van der Waals surface area (Å²) in [5, 5.41) is 13.4. The molecule has 1 aromatic carbocycles. The monoisotopic (exact) mass is 353 g/mol. The zero-order chi connectivity index (χ0) is 17.4. The molecule has 0 fully saturated rings. The number of benzene rings is 1. The molecule has 4 rings (SSSR count). The average molecular weight is 353 g/mol. The molecular weight excluding hydrogens is 338 g/mol. The first-order valence-electron chi connectivity index (χ1n) is 7.87. The van der Waals surface area contributed by atoms with Gasteiger partial charge in [-0.25, -0.2) is 4.98 Å². The molecule has 1 aliphatic heterocycles. The van der Waals surface area contributed by atoms with Gasteiger partial charge in [-0.1, -0.05) is 30.3 Å². The molecular formula is C18H15N3O3S. The number of hydrogen-bond donors (Lipinski definition) is 2. The first-order chi connectivity index (χ1) is 12.1. The summed E-state index contributed by atoms with van der Waals surface area (Å²) < 4.78 is 1.61. The second-order valence-corrected chi connectivity index (χ2v) is 6.93. The molecule has 0 aliphatic carbocycles. The van der Waals surface area contributed by atoms with E-state index in [2.05, 4.69) is 10.3 Å². The number of rotatable bonds is 3. The van der Waals surface area contributed by atoms with Crippen molar-refractivity contribution >= 4 is 17.2 Å². The van der Waals surface area contributed by atoms with Gasteiger partial charge in [0.05, 0.1) is 5.56 Å². The van der Waals surface area contributed by atoms with E-state index in [1.165, 1.54) is 16.9 Å². The molecule has 1 aliphatic rings. The molecule has 0 saturated heterocycles. The van der Waals surface area contributed by atoms with E-state index >= 15 is 0 Å². The summed E-state index contributed by atoms with van der Waals surface area (Å²) in [5.74, 6) is -0.953. The fourth-order valence-electron chi connectivity index (χ4n) is 2.90. The summed E-state index contributed by atoms with van der Waals surface area (Å²) in [6, 6.07) is 10.0. The molecule has 0 radical (unpaired) electrons. The van der Waals surface area contributed by atoms with Gasteiger partial charge >= 0.3 is 0 Å². The molecule has 3 aromatic rings. The molecule has 0 spiro atoms. The Bertz CT molecular complexity index is 1010. The molecule has 126 valence electrons. The Morgan fingerprint density at radius 1 is 1.24 bits per heavy atom. The molecule has 3 heterocycles. The Hall–Kier alpha value is -2.93. The highest BCUT2D eigenvalue weighted by Crippen LogP contribution is 2.27. The van der Waals surface area contributed by atoms with Crippen LogP contribution in [0, 0.1) is 0 Å². The summed E-state index contributed by atoms with van der Waals surface area (Å²) >= 11 is 1.42. The maximum absolute atomic E-state index is 12.5. The van der Waals surface area contributed by atoms with Gasteiger partial charge in [0.25, 0.3) is 5.91 Å². The Morgan fingerprint density at radius 3 is 2.84 bits per heavy atom. The van der Waals surface area contributed by atoms with Gasteiger partial charge in [-0.15, -0.1) is 11.3 Å². The lowest BCUT2D eigenvalue weighted by atomic mass is 10.1. The predicted molar refractivity (Wildman–Crippen MR) is 95.1 cm³/mol. The molecule has 25 heavy (non-hydrogen) atoms. The van der Waals surface area contributed by atoms with Crippen LogP contribution in [0.1, 0.15) is 20.9 Å². The van der Waals surface area contributed by atoms with E-state index in [-0.39, 0.29) is 5.69 Å². The van der Waals surface area contributed by atoms with Crippen molar-refractivity contribution in [3.05, 3.63) is 69.1 Å². The highest BCUT2D eigenvalue weighted by molar-refractivity contribution is 7.15. The number of aromatic hydroxyl groups is 1. The average Bonchev–Trinajstić information content (AvgIpc) is 3.07. The van der Waals surface area contributed by atoms with E-state index in [4.69, 9.17) is 0 Å². The van der Waals surface area contributed by atoms with Gasteiger partial charge in [0.2, 0.25) is 5.43 Å². The highest BCUT2D eigenvalue weighted by atomic mass is 32.1. The standard InChI is InChI=1S/C18H15N3O3S/c22-15-13(10-21-7-6-19-17(24)14(21)16(15)23)18-20-9-12(25-18)8-11-4-2-1-3-5-11/h1-5,9-10,23H,6-8H2,(H,19,24). The van der Waals surface area contributed by atoms with Crippen molar-refractivity contribution < 1.29 is 9.90 Å². The number of carbonyl (C=O) groups is 1. The Labute approximate surface area is 147 Å². The summed E-state index contributed by atoms with van der Waals surface area (Å²) in [4.78, 5) is 29.7. The van der Waals surface area contributed by atoms with E-state index in [1.807, 2.05) is 30.3 Å². The van der Waals surface area contributed by atoms with E-state index in [9.17, 15) is 14.7 Å². The van der Waals surface area contributed by atoms with Gasteiger partial charge in [-0.3, -0.25) is 9.59 Å². The lowest BCUT2D eigenvalue weighted by Gasteiger charge is -2.20. The second-order valence-electron chi connectivity index (χ2n) is 5.81.